The summed E-state index contributed by atoms with van der Waals surface area (Å²) in [6, 6.07) is 11.3. The lowest BCUT2D eigenvalue weighted by Gasteiger charge is -1.92. The Morgan fingerprint density at radius 2 is 1.80 bits per heavy atom. The number of rotatable bonds is 0. The minimum absolute atomic E-state index is 0.655. The maximum atomic E-state index is 5.83. The van der Waals surface area contributed by atoms with Crippen LogP contribution in [0.15, 0.2) is 40.8 Å². The van der Waals surface area contributed by atoms with E-state index in [0.29, 0.717) is 5.69 Å². The van der Waals surface area contributed by atoms with Crippen molar-refractivity contribution in [3.63, 3.8) is 0 Å². The largest absolute Gasteiger partial charge is 0.454 e. The zero-order chi connectivity index (χ0) is 10.4. The molecule has 0 spiro atoms. The Labute approximate surface area is 86.3 Å². The fourth-order valence-corrected chi connectivity index (χ4v) is 1.84. The first-order chi connectivity index (χ1) is 7.25. The summed E-state index contributed by atoms with van der Waals surface area (Å²) >= 11 is 0. The third-order valence-electron chi connectivity index (χ3n) is 2.55. The molecule has 0 fully saturated rings. The maximum Gasteiger partial charge on any atom is 0.158 e. The van der Waals surface area contributed by atoms with Crippen molar-refractivity contribution < 1.29 is 4.42 Å². The summed E-state index contributed by atoms with van der Waals surface area (Å²) in [4.78, 5) is 0. The summed E-state index contributed by atoms with van der Waals surface area (Å²) in [7, 11) is 0. The van der Waals surface area contributed by atoms with Crippen LogP contribution in [0.4, 0.5) is 11.4 Å². The smallest absolute Gasteiger partial charge is 0.158 e. The van der Waals surface area contributed by atoms with Crippen LogP contribution in [-0.4, -0.2) is 0 Å². The van der Waals surface area contributed by atoms with Gasteiger partial charge in [-0.3, -0.25) is 0 Å². The lowest BCUT2D eigenvalue weighted by atomic mass is 10.1. The third kappa shape index (κ3) is 1.06. The third-order valence-corrected chi connectivity index (χ3v) is 2.55. The predicted octanol–water partition coefficient (Wildman–Crippen LogP) is 2.75. The number of hydrogen-bond donors (Lipinski definition) is 2. The Hall–Kier alpha value is -2.16. The highest BCUT2D eigenvalue weighted by atomic mass is 16.3. The van der Waals surface area contributed by atoms with Crippen LogP contribution in [0.25, 0.3) is 21.9 Å². The minimum Gasteiger partial charge on any atom is -0.454 e. The van der Waals surface area contributed by atoms with E-state index in [1.165, 1.54) is 0 Å². The van der Waals surface area contributed by atoms with Crippen LogP contribution in [0, 0.1) is 0 Å². The number of hydrogen-bond acceptors (Lipinski definition) is 3. The van der Waals surface area contributed by atoms with Crippen molar-refractivity contribution in [3.8, 4) is 0 Å². The molecule has 74 valence electrons. The van der Waals surface area contributed by atoms with Gasteiger partial charge in [0.25, 0.3) is 0 Å². The molecular formula is C12H10N2O. The normalized spacial score (nSPS) is 11.2. The average molecular weight is 198 g/mol. The van der Waals surface area contributed by atoms with E-state index >= 15 is 0 Å². The van der Waals surface area contributed by atoms with Crippen LogP contribution in [-0.2, 0) is 0 Å². The Bertz CT molecular complexity index is 655. The molecule has 0 saturated carbocycles. The highest BCUT2D eigenvalue weighted by molar-refractivity contribution is 6.09. The van der Waals surface area contributed by atoms with E-state index in [1.807, 2.05) is 36.4 Å². The molecule has 2 aromatic carbocycles. The molecule has 0 radical (unpaired) electrons. The fourth-order valence-electron chi connectivity index (χ4n) is 1.84. The number of fused-ring (bicyclic) bond motifs is 3. The Kier molecular flexibility index (Phi) is 1.45. The van der Waals surface area contributed by atoms with Gasteiger partial charge in [0.05, 0.1) is 5.69 Å². The first-order valence-corrected chi connectivity index (χ1v) is 4.72. The van der Waals surface area contributed by atoms with Gasteiger partial charge in [-0.1, -0.05) is 12.1 Å². The Balaban J connectivity index is 2.58. The van der Waals surface area contributed by atoms with E-state index in [9.17, 15) is 0 Å². The predicted molar refractivity (Wildman–Crippen MR) is 62.5 cm³/mol. The zero-order valence-corrected chi connectivity index (χ0v) is 8.03. The SMILES string of the molecule is Nc1ccc2oc3c(N)cccc3c2c1. The zero-order valence-electron chi connectivity index (χ0n) is 8.03. The van der Waals surface area contributed by atoms with Crippen molar-refractivity contribution in [2.75, 3.05) is 11.5 Å². The van der Waals surface area contributed by atoms with Crippen molar-refractivity contribution in [2.45, 2.75) is 0 Å². The topological polar surface area (TPSA) is 65.2 Å². The van der Waals surface area contributed by atoms with Gasteiger partial charge in [0.1, 0.15) is 5.58 Å². The van der Waals surface area contributed by atoms with Crippen molar-refractivity contribution >= 4 is 33.3 Å². The lowest BCUT2D eigenvalue weighted by molar-refractivity contribution is 0.670. The molecule has 0 aliphatic rings. The second-order valence-corrected chi connectivity index (χ2v) is 3.58. The number of benzene rings is 2. The minimum atomic E-state index is 0.655. The summed E-state index contributed by atoms with van der Waals surface area (Å²) in [6.45, 7) is 0. The first kappa shape index (κ1) is 8.17. The molecule has 0 saturated heterocycles. The van der Waals surface area contributed by atoms with Crippen molar-refractivity contribution in [1.82, 2.24) is 0 Å². The van der Waals surface area contributed by atoms with Crippen molar-refractivity contribution in [3.05, 3.63) is 36.4 Å². The molecule has 0 atom stereocenters. The van der Waals surface area contributed by atoms with E-state index in [1.54, 1.807) is 0 Å². The molecule has 3 aromatic rings. The fraction of sp³-hybridized carbons (Fsp3) is 0. The lowest BCUT2D eigenvalue weighted by Crippen LogP contribution is -1.83. The second-order valence-electron chi connectivity index (χ2n) is 3.58. The van der Waals surface area contributed by atoms with Crippen LogP contribution in [0.1, 0.15) is 0 Å². The number of nitrogens with two attached hydrogens (primary N) is 2. The van der Waals surface area contributed by atoms with E-state index in [2.05, 4.69) is 0 Å². The molecule has 0 aliphatic carbocycles. The standard InChI is InChI=1S/C12H10N2O/c13-7-4-5-11-9(6-7)8-2-1-3-10(14)12(8)15-11/h1-6H,13-14H2. The van der Waals surface area contributed by atoms with Gasteiger partial charge < -0.3 is 15.9 Å². The van der Waals surface area contributed by atoms with Crippen LogP contribution in [0.2, 0.25) is 0 Å². The van der Waals surface area contributed by atoms with E-state index in [-0.39, 0.29) is 0 Å². The van der Waals surface area contributed by atoms with Crippen LogP contribution >= 0.6 is 0 Å². The molecule has 3 heteroatoms. The first-order valence-electron chi connectivity index (χ1n) is 4.72. The van der Waals surface area contributed by atoms with Gasteiger partial charge in [0.2, 0.25) is 0 Å². The van der Waals surface area contributed by atoms with Crippen LogP contribution in [0.3, 0.4) is 0 Å². The monoisotopic (exact) mass is 198 g/mol. The van der Waals surface area contributed by atoms with Gasteiger partial charge >= 0.3 is 0 Å². The molecule has 0 aliphatic heterocycles. The van der Waals surface area contributed by atoms with Gasteiger partial charge in [-0.15, -0.1) is 0 Å². The molecule has 15 heavy (non-hydrogen) atoms. The molecule has 4 N–H and O–H groups in total. The summed E-state index contributed by atoms with van der Waals surface area (Å²) in [5.74, 6) is 0. The van der Waals surface area contributed by atoms with Gasteiger partial charge in [0.15, 0.2) is 5.58 Å². The molecule has 3 nitrogen and oxygen atoms in total. The quantitative estimate of drug-likeness (QED) is 0.546. The second kappa shape index (κ2) is 2.67. The number of anilines is 2. The van der Waals surface area contributed by atoms with Crippen molar-refractivity contribution in [1.29, 1.82) is 0 Å². The molecular weight excluding hydrogens is 188 g/mol. The summed E-state index contributed by atoms with van der Waals surface area (Å²) in [5, 5.41) is 2.02. The van der Waals surface area contributed by atoms with Gasteiger partial charge in [-0.25, -0.2) is 0 Å². The molecule has 3 rings (SSSR count). The van der Waals surface area contributed by atoms with Gasteiger partial charge in [0, 0.05) is 16.5 Å². The van der Waals surface area contributed by atoms with E-state index < -0.39 is 0 Å². The molecule has 0 bridgehead atoms. The average Bonchev–Trinajstić information content (AvgIpc) is 2.58. The summed E-state index contributed by atoms with van der Waals surface area (Å²) in [6.07, 6.45) is 0. The number of para-hydroxylation sites is 1. The van der Waals surface area contributed by atoms with E-state index in [0.717, 1.165) is 27.6 Å². The van der Waals surface area contributed by atoms with Gasteiger partial charge in [-0.2, -0.15) is 0 Å². The van der Waals surface area contributed by atoms with Crippen molar-refractivity contribution in [2.24, 2.45) is 0 Å². The number of furan rings is 1. The van der Waals surface area contributed by atoms with Crippen LogP contribution in [0.5, 0.6) is 0 Å². The maximum absolute atomic E-state index is 5.83. The van der Waals surface area contributed by atoms with Crippen LogP contribution < -0.4 is 11.5 Å². The van der Waals surface area contributed by atoms with Gasteiger partial charge in [-0.05, 0) is 24.3 Å². The molecule has 0 amide bonds. The van der Waals surface area contributed by atoms with E-state index in [4.69, 9.17) is 15.9 Å². The Morgan fingerprint density at radius 3 is 2.67 bits per heavy atom. The molecule has 0 unspecified atom stereocenters. The highest BCUT2D eigenvalue weighted by Gasteiger charge is 2.08. The molecule has 1 heterocycles. The highest BCUT2D eigenvalue weighted by Crippen LogP contribution is 2.32. The number of nitrogen functional groups attached to an aromatic ring is 2. The summed E-state index contributed by atoms with van der Waals surface area (Å²) < 4.78 is 5.66. The summed E-state index contributed by atoms with van der Waals surface area (Å²) in [5.41, 5.74) is 14.5. The Morgan fingerprint density at radius 1 is 0.933 bits per heavy atom. The molecule has 1 aromatic heterocycles.